The molecule has 1 atom stereocenters. The number of carbonyl (C=O) groups excluding carboxylic acids is 3. The fourth-order valence-electron chi connectivity index (χ4n) is 2.83. The van der Waals surface area contributed by atoms with Crippen molar-refractivity contribution < 1.29 is 85.8 Å². The van der Waals surface area contributed by atoms with Gasteiger partial charge in [-0.15, -0.1) is 0 Å². The zero-order valence-electron chi connectivity index (χ0n) is 22.0. The maximum Gasteiger partial charge on any atom is 1.00 e. The van der Waals surface area contributed by atoms with Gasteiger partial charge in [-0.05, 0) is 19.3 Å². The van der Waals surface area contributed by atoms with Gasteiger partial charge in [0.05, 0.1) is 6.61 Å². The second kappa shape index (κ2) is 25.8. The average Bonchev–Trinajstić information content (AvgIpc) is 2.67. The van der Waals surface area contributed by atoms with Crippen LogP contribution in [-0.2, 0) is 23.9 Å². The summed E-state index contributed by atoms with van der Waals surface area (Å²) in [6, 6.07) is -0.860. The van der Waals surface area contributed by atoms with Crippen LogP contribution in [-0.4, -0.2) is 30.6 Å². The molecule has 0 saturated carbocycles. The molecule has 0 radical (unpaired) electrons. The molecule has 0 amide bonds. The van der Waals surface area contributed by atoms with E-state index in [0.717, 1.165) is 38.5 Å². The predicted molar refractivity (Wildman–Crippen MR) is 113 cm³/mol. The van der Waals surface area contributed by atoms with Gasteiger partial charge in [-0.2, -0.15) is 0 Å². The molecule has 0 aromatic rings. The summed E-state index contributed by atoms with van der Waals surface area (Å²) in [6.07, 6.45) is 13.6. The summed E-state index contributed by atoms with van der Waals surface area (Å²) < 4.78 is 9.83. The van der Waals surface area contributed by atoms with Crippen LogP contribution in [0.5, 0.6) is 0 Å². The van der Waals surface area contributed by atoms with Crippen molar-refractivity contribution in [1.29, 1.82) is 0 Å². The summed E-state index contributed by atoms with van der Waals surface area (Å²) in [4.78, 5) is 35.0. The van der Waals surface area contributed by atoms with E-state index in [1.165, 1.54) is 38.5 Å². The summed E-state index contributed by atoms with van der Waals surface area (Å²) in [6.45, 7) is 4.62. The molecule has 0 aliphatic rings. The first-order valence-corrected chi connectivity index (χ1v) is 11.2. The first-order valence-electron chi connectivity index (χ1n) is 11.2. The van der Waals surface area contributed by atoms with Crippen LogP contribution in [0, 0.1) is 0 Å². The predicted octanol–water partition coefficient (Wildman–Crippen LogP) is -0.949. The number of esters is 3. The van der Waals surface area contributed by atoms with E-state index in [-0.39, 0.29) is 81.2 Å². The van der Waals surface area contributed by atoms with Crippen molar-refractivity contribution in [3.63, 3.8) is 0 Å². The van der Waals surface area contributed by atoms with E-state index in [0.29, 0.717) is 6.61 Å². The minimum Gasteiger partial charge on any atom is -1.00 e. The molecule has 6 nitrogen and oxygen atoms in total. The largest absolute Gasteiger partial charge is 1.00 e. The van der Waals surface area contributed by atoms with Gasteiger partial charge in [0.2, 0.25) is 0 Å². The third-order valence-corrected chi connectivity index (χ3v) is 4.67. The second-order valence-electron chi connectivity index (χ2n) is 7.44. The fraction of sp³-hybridized carbons (Fsp3) is 0.864. The van der Waals surface area contributed by atoms with Crippen molar-refractivity contribution in [2.24, 2.45) is 5.73 Å². The van der Waals surface area contributed by atoms with Gasteiger partial charge >= 0.3 is 77.0 Å². The molecule has 0 spiro atoms. The molecule has 0 rings (SSSR count). The maximum atomic E-state index is 11.7. The van der Waals surface area contributed by atoms with Crippen LogP contribution in [0.25, 0.3) is 0 Å². The monoisotopic (exact) mass is 447 g/mol. The van der Waals surface area contributed by atoms with E-state index in [1.54, 1.807) is 0 Å². The Morgan fingerprint density at radius 3 is 1.77 bits per heavy atom. The summed E-state index contributed by atoms with van der Waals surface area (Å²) in [5, 5.41) is 0. The normalized spacial score (nSPS) is 11.0. The van der Waals surface area contributed by atoms with E-state index in [4.69, 9.17) is 15.2 Å². The Hall–Kier alpha value is 0.570. The SMILES string of the molecule is CCCCCCCCCCCC(=O)OC(=O)CCC(N)C(=O)OCCCCC.[H-].[H-].[Na+].[Na+]. The molecule has 0 bridgehead atoms. The third-order valence-electron chi connectivity index (χ3n) is 4.67. The smallest absolute Gasteiger partial charge is 1.00 e. The quantitative estimate of drug-likeness (QED) is 0.126. The molecule has 1 unspecified atom stereocenters. The van der Waals surface area contributed by atoms with Crippen molar-refractivity contribution in [3.05, 3.63) is 0 Å². The van der Waals surface area contributed by atoms with Crippen molar-refractivity contribution >= 4 is 17.9 Å². The molecule has 0 heterocycles. The van der Waals surface area contributed by atoms with Gasteiger partial charge in [0.25, 0.3) is 0 Å². The minimum absolute atomic E-state index is 0. The molecular weight excluding hydrogens is 404 g/mol. The zero-order chi connectivity index (χ0) is 21.0. The number of rotatable bonds is 18. The van der Waals surface area contributed by atoms with Crippen molar-refractivity contribution in [2.45, 2.75) is 116 Å². The third kappa shape index (κ3) is 23.2. The van der Waals surface area contributed by atoms with Crippen LogP contribution < -0.4 is 64.8 Å². The van der Waals surface area contributed by atoms with E-state index < -0.39 is 23.9 Å². The number of hydrogen-bond acceptors (Lipinski definition) is 6. The maximum absolute atomic E-state index is 11.7. The standard InChI is InChI=1S/C22H41NO5.2Na.2H/c1-3-5-7-8-9-10-11-12-13-15-20(24)28-21(25)17-16-19(23)22(26)27-18-14-6-4-2;;;;/h19H,3-18,23H2,1-2H3;;;;/q;2*+1;2*-1. The Bertz CT molecular complexity index is 447. The van der Waals surface area contributed by atoms with Crippen LogP contribution in [0.15, 0.2) is 0 Å². The van der Waals surface area contributed by atoms with Crippen LogP contribution >= 0.6 is 0 Å². The Labute approximate surface area is 230 Å². The molecule has 0 aliphatic carbocycles. The van der Waals surface area contributed by atoms with E-state index in [1.807, 2.05) is 0 Å². The van der Waals surface area contributed by atoms with Crippen molar-refractivity contribution in [1.82, 2.24) is 0 Å². The summed E-state index contributed by atoms with van der Waals surface area (Å²) in [5.74, 6) is -1.64. The Morgan fingerprint density at radius 1 is 0.733 bits per heavy atom. The van der Waals surface area contributed by atoms with Gasteiger partial charge in [0, 0.05) is 12.8 Å². The topological polar surface area (TPSA) is 95.7 Å². The van der Waals surface area contributed by atoms with Gasteiger partial charge in [0.15, 0.2) is 0 Å². The van der Waals surface area contributed by atoms with Gasteiger partial charge in [0.1, 0.15) is 6.04 Å². The van der Waals surface area contributed by atoms with Crippen LogP contribution in [0.3, 0.4) is 0 Å². The van der Waals surface area contributed by atoms with Crippen molar-refractivity contribution in [3.8, 4) is 0 Å². The van der Waals surface area contributed by atoms with E-state index >= 15 is 0 Å². The average molecular weight is 448 g/mol. The van der Waals surface area contributed by atoms with Crippen LogP contribution in [0.2, 0.25) is 0 Å². The molecular formula is C22H43NNa2O5. The van der Waals surface area contributed by atoms with Crippen LogP contribution in [0.4, 0.5) is 0 Å². The van der Waals surface area contributed by atoms with E-state index in [9.17, 15) is 14.4 Å². The molecule has 0 fully saturated rings. The number of unbranched alkanes of at least 4 members (excludes halogenated alkanes) is 10. The van der Waals surface area contributed by atoms with Crippen molar-refractivity contribution in [2.75, 3.05) is 6.61 Å². The molecule has 2 N–H and O–H groups in total. The molecule has 0 saturated heterocycles. The van der Waals surface area contributed by atoms with Gasteiger partial charge in [-0.1, -0.05) is 78.1 Å². The first kappa shape index (κ1) is 35.2. The molecule has 168 valence electrons. The number of ether oxygens (including phenoxy) is 2. The summed E-state index contributed by atoms with van der Waals surface area (Å²) in [5.41, 5.74) is 5.71. The summed E-state index contributed by atoms with van der Waals surface area (Å²) in [7, 11) is 0. The Morgan fingerprint density at radius 2 is 1.20 bits per heavy atom. The first-order chi connectivity index (χ1) is 13.5. The number of hydrogen-bond donors (Lipinski definition) is 1. The molecule has 0 aromatic heterocycles. The molecule has 0 aliphatic heterocycles. The Balaban J connectivity index is -0.000000607. The number of carbonyl (C=O) groups is 3. The fourth-order valence-corrected chi connectivity index (χ4v) is 2.83. The molecule has 30 heavy (non-hydrogen) atoms. The molecule has 8 heteroatoms. The summed E-state index contributed by atoms with van der Waals surface area (Å²) >= 11 is 0. The van der Waals surface area contributed by atoms with Gasteiger partial charge in [-0.3, -0.25) is 14.4 Å². The Kier molecular flexibility index (Phi) is 30.3. The zero-order valence-corrected chi connectivity index (χ0v) is 24.0. The van der Waals surface area contributed by atoms with Crippen LogP contribution in [0.1, 0.15) is 113 Å². The van der Waals surface area contributed by atoms with Gasteiger partial charge < -0.3 is 18.1 Å². The molecule has 0 aromatic carbocycles. The second-order valence-corrected chi connectivity index (χ2v) is 7.44. The van der Waals surface area contributed by atoms with E-state index in [2.05, 4.69) is 13.8 Å². The minimum atomic E-state index is -0.860. The van der Waals surface area contributed by atoms with Gasteiger partial charge in [-0.25, -0.2) is 0 Å². The number of nitrogens with two attached hydrogens (primary N) is 1.